The van der Waals surface area contributed by atoms with E-state index in [1.807, 2.05) is 38.1 Å². The smallest absolute Gasteiger partial charge is 0.379 e. The number of methoxy groups -OCH3 is 1. The summed E-state index contributed by atoms with van der Waals surface area (Å²) in [6, 6.07) is 19.6. The number of hydrogen-bond donors (Lipinski definition) is 0. The molecule has 4 nitrogen and oxygen atoms in total. The molecule has 1 heterocycles. The van der Waals surface area contributed by atoms with E-state index in [-0.39, 0.29) is 5.76 Å². The summed E-state index contributed by atoms with van der Waals surface area (Å²) < 4.78 is 16.6. The highest BCUT2D eigenvalue weighted by Gasteiger charge is 2.21. The molecule has 0 aliphatic rings. The van der Waals surface area contributed by atoms with E-state index in [1.165, 1.54) is 5.56 Å². The van der Waals surface area contributed by atoms with Crippen molar-refractivity contribution in [1.29, 1.82) is 0 Å². The number of aryl methyl sites for hydroxylation is 3. The molecule has 3 aromatic carbocycles. The first kappa shape index (κ1) is 18.8. The molecule has 0 fully saturated rings. The second kappa shape index (κ2) is 7.47. The summed E-state index contributed by atoms with van der Waals surface area (Å²) in [6.07, 6.45) is 0. The number of hydrogen-bond acceptors (Lipinski definition) is 4. The van der Waals surface area contributed by atoms with Crippen LogP contribution in [0.3, 0.4) is 0 Å². The quantitative estimate of drug-likeness (QED) is 0.307. The summed E-state index contributed by atoms with van der Waals surface area (Å²) in [5.41, 5.74) is 5.66. The third-order valence-corrected chi connectivity index (χ3v) is 5.09. The number of carbonyl (C=O) groups is 1. The van der Waals surface area contributed by atoms with Crippen molar-refractivity contribution in [3.63, 3.8) is 0 Å². The Morgan fingerprint density at radius 1 is 0.862 bits per heavy atom. The number of benzene rings is 3. The number of rotatable bonds is 4. The second-order valence-electron chi connectivity index (χ2n) is 7.15. The average molecular weight is 386 g/mol. The van der Waals surface area contributed by atoms with Crippen molar-refractivity contribution in [1.82, 2.24) is 0 Å². The number of esters is 1. The molecule has 29 heavy (non-hydrogen) atoms. The molecule has 1 aromatic heterocycles. The van der Waals surface area contributed by atoms with Crippen LogP contribution in [0.1, 0.15) is 27.2 Å². The molecule has 4 rings (SSSR count). The predicted molar refractivity (Wildman–Crippen MR) is 114 cm³/mol. The molecule has 0 N–H and O–H groups in total. The van der Waals surface area contributed by atoms with Gasteiger partial charge in [0.05, 0.1) is 7.11 Å². The van der Waals surface area contributed by atoms with Gasteiger partial charge in [0.1, 0.15) is 17.1 Å². The van der Waals surface area contributed by atoms with Crippen molar-refractivity contribution in [2.24, 2.45) is 0 Å². The van der Waals surface area contributed by atoms with Gasteiger partial charge in [-0.2, -0.15) is 0 Å². The molecule has 0 saturated heterocycles. The van der Waals surface area contributed by atoms with E-state index < -0.39 is 5.97 Å². The molecule has 0 aliphatic heterocycles. The Hall–Kier alpha value is -3.53. The number of furan rings is 1. The van der Waals surface area contributed by atoms with Crippen LogP contribution in [-0.2, 0) is 0 Å². The lowest BCUT2D eigenvalue weighted by atomic mass is 10.0. The SMILES string of the molecule is COc1ccc2oc(C(=O)Oc3ccc(-c4ccc(C)cc4)cc3C)c(C)c2c1. The minimum absolute atomic E-state index is 0.204. The minimum Gasteiger partial charge on any atom is -0.497 e. The van der Waals surface area contributed by atoms with E-state index in [1.54, 1.807) is 19.2 Å². The van der Waals surface area contributed by atoms with Crippen molar-refractivity contribution >= 4 is 16.9 Å². The minimum atomic E-state index is -0.510. The molecule has 0 aliphatic carbocycles. The van der Waals surface area contributed by atoms with Gasteiger partial charge in [0, 0.05) is 10.9 Å². The van der Waals surface area contributed by atoms with Crippen LogP contribution in [0.15, 0.2) is 65.1 Å². The van der Waals surface area contributed by atoms with Gasteiger partial charge in [-0.05, 0) is 67.8 Å². The molecule has 0 saturated carbocycles. The molecule has 0 spiro atoms. The zero-order valence-electron chi connectivity index (χ0n) is 16.9. The Morgan fingerprint density at radius 2 is 1.59 bits per heavy atom. The van der Waals surface area contributed by atoms with E-state index in [0.29, 0.717) is 17.1 Å². The molecule has 4 heteroatoms. The van der Waals surface area contributed by atoms with Crippen LogP contribution in [0.5, 0.6) is 11.5 Å². The van der Waals surface area contributed by atoms with E-state index >= 15 is 0 Å². The number of ether oxygens (including phenoxy) is 2. The maximum atomic E-state index is 12.8. The predicted octanol–water partition coefficient (Wildman–Crippen LogP) is 6.25. The number of fused-ring (bicyclic) bond motifs is 1. The Kier molecular flexibility index (Phi) is 4.85. The Labute approximate surface area is 169 Å². The molecule has 0 amide bonds. The van der Waals surface area contributed by atoms with Gasteiger partial charge < -0.3 is 13.9 Å². The summed E-state index contributed by atoms with van der Waals surface area (Å²) in [5.74, 6) is 0.922. The highest BCUT2D eigenvalue weighted by Crippen LogP contribution is 2.31. The van der Waals surface area contributed by atoms with Gasteiger partial charge in [-0.3, -0.25) is 0 Å². The lowest BCUT2D eigenvalue weighted by Crippen LogP contribution is -2.09. The summed E-state index contributed by atoms with van der Waals surface area (Å²) in [7, 11) is 1.61. The van der Waals surface area contributed by atoms with Crippen LogP contribution in [0.25, 0.3) is 22.1 Å². The van der Waals surface area contributed by atoms with E-state index in [2.05, 4.69) is 31.2 Å². The fourth-order valence-electron chi connectivity index (χ4n) is 3.36. The molecular weight excluding hydrogens is 364 g/mol. The Morgan fingerprint density at radius 3 is 2.28 bits per heavy atom. The molecule has 146 valence electrons. The molecular formula is C25H22O4. The van der Waals surface area contributed by atoms with Gasteiger partial charge in [-0.25, -0.2) is 4.79 Å². The first-order chi connectivity index (χ1) is 14.0. The second-order valence-corrected chi connectivity index (χ2v) is 7.15. The van der Waals surface area contributed by atoms with Gasteiger partial charge in [0.2, 0.25) is 5.76 Å². The zero-order valence-corrected chi connectivity index (χ0v) is 16.9. The van der Waals surface area contributed by atoms with Crippen LogP contribution in [0, 0.1) is 20.8 Å². The van der Waals surface area contributed by atoms with Crippen LogP contribution in [0.2, 0.25) is 0 Å². The van der Waals surface area contributed by atoms with Crippen LogP contribution in [-0.4, -0.2) is 13.1 Å². The molecule has 0 atom stereocenters. The Balaban J connectivity index is 1.60. The van der Waals surface area contributed by atoms with Crippen LogP contribution < -0.4 is 9.47 Å². The van der Waals surface area contributed by atoms with Gasteiger partial charge >= 0.3 is 5.97 Å². The molecule has 0 radical (unpaired) electrons. The fraction of sp³-hybridized carbons (Fsp3) is 0.160. The van der Waals surface area contributed by atoms with E-state index in [0.717, 1.165) is 27.6 Å². The monoisotopic (exact) mass is 386 g/mol. The normalized spacial score (nSPS) is 10.9. The van der Waals surface area contributed by atoms with Crippen LogP contribution >= 0.6 is 0 Å². The van der Waals surface area contributed by atoms with Gasteiger partial charge in [-0.15, -0.1) is 0 Å². The maximum absolute atomic E-state index is 12.8. The van der Waals surface area contributed by atoms with E-state index in [9.17, 15) is 4.79 Å². The zero-order chi connectivity index (χ0) is 20.5. The van der Waals surface area contributed by atoms with Gasteiger partial charge in [0.25, 0.3) is 0 Å². The highest BCUT2D eigenvalue weighted by atomic mass is 16.5. The maximum Gasteiger partial charge on any atom is 0.379 e. The van der Waals surface area contributed by atoms with Crippen molar-refractivity contribution in [3.05, 3.63) is 83.1 Å². The largest absolute Gasteiger partial charge is 0.497 e. The summed E-state index contributed by atoms with van der Waals surface area (Å²) in [6.45, 7) is 5.83. The summed E-state index contributed by atoms with van der Waals surface area (Å²) in [4.78, 5) is 12.8. The average Bonchev–Trinajstić information content (AvgIpc) is 3.06. The van der Waals surface area contributed by atoms with Crippen molar-refractivity contribution in [2.75, 3.05) is 7.11 Å². The number of carbonyl (C=O) groups excluding carboxylic acids is 1. The summed E-state index contributed by atoms with van der Waals surface area (Å²) >= 11 is 0. The Bertz CT molecular complexity index is 1200. The standard InChI is InChI=1S/C25H22O4/c1-15-5-7-18(8-6-15)19-9-11-22(16(2)13-19)29-25(26)24-17(3)21-14-20(27-4)10-12-23(21)28-24/h5-14H,1-4H3. The lowest BCUT2D eigenvalue weighted by molar-refractivity contribution is 0.0701. The molecule has 0 unspecified atom stereocenters. The van der Waals surface area contributed by atoms with Gasteiger partial charge in [0.15, 0.2) is 0 Å². The topological polar surface area (TPSA) is 48.7 Å². The van der Waals surface area contributed by atoms with Crippen LogP contribution in [0.4, 0.5) is 0 Å². The first-order valence-corrected chi connectivity index (χ1v) is 9.43. The lowest BCUT2D eigenvalue weighted by Gasteiger charge is -2.09. The fourth-order valence-corrected chi connectivity index (χ4v) is 3.36. The van der Waals surface area contributed by atoms with Gasteiger partial charge in [-0.1, -0.05) is 35.9 Å². The molecule has 0 bridgehead atoms. The third-order valence-electron chi connectivity index (χ3n) is 5.09. The highest BCUT2D eigenvalue weighted by molar-refractivity contribution is 5.97. The van der Waals surface area contributed by atoms with Crippen molar-refractivity contribution in [2.45, 2.75) is 20.8 Å². The van der Waals surface area contributed by atoms with Crippen molar-refractivity contribution < 1.29 is 18.7 Å². The summed E-state index contributed by atoms with van der Waals surface area (Å²) in [5, 5.41) is 0.836. The third kappa shape index (κ3) is 3.61. The first-order valence-electron chi connectivity index (χ1n) is 9.43. The van der Waals surface area contributed by atoms with Crippen molar-refractivity contribution in [3.8, 4) is 22.6 Å². The molecule has 4 aromatic rings. The van der Waals surface area contributed by atoms with E-state index in [4.69, 9.17) is 13.9 Å².